The van der Waals surface area contributed by atoms with E-state index in [9.17, 15) is 5.11 Å². The molecule has 88 valence electrons. The zero-order valence-corrected chi connectivity index (χ0v) is 10.4. The van der Waals surface area contributed by atoms with Crippen molar-refractivity contribution in [3.8, 4) is 0 Å². The largest absolute Gasteiger partial charge is 0.390 e. The smallest absolute Gasteiger partial charge is 0.212 e. The number of rotatable bonds is 4. The van der Waals surface area contributed by atoms with Crippen molar-refractivity contribution < 1.29 is 9.84 Å². The Kier molecular flexibility index (Phi) is 3.22. The van der Waals surface area contributed by atoms with Gasteiger partial charge in [-0.15, -0.1) is 0 Å². The Balaban J connectivity index is 2.51. The number of nitrogens with zero attached hydrogens (tertiary/aromatic N) is 3. The molecular weight excluding hydrogens is 226 g/mol. The van der Waals surface area contributed by atoms with Crippen molar-refractivity contribution >= 4 is 16.3 Å². The van der Waals surface area contributed by atoms with Gasteiger partial charge in [0.2, 0.25) is 4.96 Å². The summed E-state index contributed by atoms with van der Waals surface area (Å²) in [4.78, 5) is 5.31. The molecule has 0 aliphatic carbocycles. The first kappa shape index (κ1) is 11.5. The second-order valence-corrected chi connectivity index (χ2v) is 4.92. The lowest BCUT2D eigenvalue weighted by Crippen LogP contribution is -2.00. The summed E-state index contributed by atoms with van der Waals surface area (Å²) in [6, 6.07) is 0. The van der Waals surface area contributed by atoms with Gasteiger partial charge in [0.15, 0.2) is 0 Å². The molecule has 0 saturated heterocycles. The number of aromatic nitrogens is 3. The van der Waals surface area contributed by atoms with Gasteiger partial charge in [0.05, 0.1) is 24.6 Å². The zero-order valence-electron chi connectivity index (χ0n) is 9.60. The van der Waals surface area contributed by atoms with Crippen LogP contribution in [0.5, 0.6) is 0 Å². The van der Waals surface area contributed by atoms with E-state index in [1.54, 1.807) is 11.6 Å². The van der Waals surface area contributed by atoms with Crippen molar-refractivity contribution in [2.75, 3.05) is 7.11 Å². The van der Waals surface area contributed by atoms with E-state index in [0.717, 1.165) is 21.4 Å². The van der Waals surface area contributed by atoms with E-state index < -0.39 is 0 Å². The maximum absolute atomic E-state index is 9.37. The average Bonchev–Trinajstić information content (AvgIpc) is 2.74. The SMILES string of the molecule is COCc1nn2c(CO)c(C(C)C)nc2s1. The molecule has 5 nitrogen and oxygen atoms in total. The molecule has 0 fully saturated rings. The number of methoxy groups -OCH3 is 1. The van der Waals surface area contributed by atoms with Crippen LogP contribution in [-0.2, 0) is 18.0 Å². The molecule has 6 heteroatoms. The van der Waals surface area contributed by atoms with Crippen LogP contribution in [0.4, 0.5) is 0 Å². The van der Waals surface area contributed by atoms with E-state index in [4.69, 9.17) is 4.74 Å². The molecule has 0 aliphatic rings. The lowest BCUT2D eigenvalue weighted by atomic mass is 10.1. The first-order valence-electron chi connectivity index (χ1n) is 5.14. The first-order chi connectivity index (χ1) is 7.67. The van der Waals surface area contributed by atoms with Gasteiger partial charge in [0.25, 0.3) is 0 Å². The lowest BCUT2D eigenvalue weighted by Gasteiger charge is -2.02. The number of hydrogen-bond donors (Lipinski definition) is 1. The van der Waals surface area contributed by atoms with Crippen LogP contribution in [0.1, 0.15) is 36.2 Å². The van der Waals surface area contributed by atoms with Crippen LogP contribution in [0, 0.1) is 0 Å². The lowest BCUT2D eigenvalue weighted by molar-refractivity contribution is 0.183. The molecule has 16 heavy (non-hydrogen) atoms. The molecule has 0 spiro atoms. The molecule has 0 atom stereocenters. The van der Waals surface area contributed by atoms with Gasteiger partial charge in [-0.25, -0.2) is 9.50 Å². The highest BCUT2D eigenvalue weighted by molar-refractivity contribution is 7.16. The molecule has 2 aromatic rings. The summed E-state index contributed by atoms with van der Waals surface area (Å²) in [7, 11) is 1.64. The van der Waals surface area contributed by atoms with Crippen LogP contribution in [0.2, 0.25) is 0 Å². The molecule has 2 heterocycles. The zero-order chi connectivity index (χ0) is 11.7. The Labute approximate surface area is 97.7 Å². The highest BCUT2D eigenvalue weighted by Gasteiger charge is 2.17. The number of fused-ring (bicyclic) bond motifs is 1. The van der Waals surface area contributed by atoms with E-state index in [2.05, 4.69) is 23.9 Å². The van der Waals surface area contributed by atoms with Crippen molar-refractivity contribution in [2.45, 2.75) is 33.0 Å². The summed E-state index contributed by atoms with van der Waals surface area (Å²) >= 11 is 1.49. The molecule has 0 bridgehead atoms. The van der Waals surface area contributed by atoms with Crippen LogP contribution in [0.3, 0.4) is 0 Å². The maximum Gasteiger partial charge on any atom is 0.212 e. The highest BCUT2D eigenvalue weighted by Crippen LogP contribution is 2.24. The molecular formula is C10H15N3O2S. The van der Waals surface area contributed by atoms with Crippen LogP contribution in [-0.4, -0.2) is 26.8 Å². The summed E-state index contributed by atoms with van der Waals surface area (Å²) in [5.41, 5.74) is 1.70. The topological polar surface area (TPSA) is 59.7 Å². The van der Waals surface area contributed by atoms with Gasteiger partial charge in [-0.1, -0.05) is 25.2 Å². The van der Waals surface area contributed by atoms with E-state index in [0.29, 0.717) is 12.5 Å². The highest BCUT2D eigenvalue weighted by atomic mass is 32.1. The summed E-state index contributed by atoms with van der Waals surface area (Å²) in [5, 5.41) is 14.6. The summed E-state index contributed by atoms with van der Waals surface area (Å²) in [5.74, 6) is 0.293. The Morgan fingerprint density at radius 2 is 2.25 bits per heavy atom. The van der Waals surface area contributed by atoms with Gasteiger partial charge in [-0.3, -0.25) is 0 Å². The van der Waals surface area contributed by atoms with Gasteiger partial charge in [0.1, 0.15) is 5.01 Å². The van der Waals surface area contributed by atoms with Crippen molar-refractivity contribution in [3.63, 3.8) is 0 Å². The van der Waals surface area contributed by atoms with Crippen LogP contribution in [0.25, 0.3) is 4.96 Å². The predicted octanol–water partition coefficient (Wildman–Crippen LogP) is 1.55. The predicted molar refractivity (Wildman–Crippen MR) is 61.6 cm³/mol. The average molecular weight is 241 g/mol. The molecule has 0 aliphatic heterocycles. The third-order valence-electron chi connectivity index (χ3n) is 2.33. The van der Waals surface area contributed by atoms with Gasteiger partial charge in [-0.2, -0.15) is 5.10 Å². The van der Waals surface area contributed by atoms with Crippen LogP contribution in [0.15, 0.2) is 0 Å². The fourth-order valence-electron chi connectivity index (χ4n) is 1.64. The van der Waals surface area contributed by atoms with Crippen molar-refractivity contribution in [3.05, 3.63) is 16.4 Å². The first-order valence-corrected chi connectivity index (χ1v) is 5.96. The fourth-order valence-corrected chi connectivity index (χ4v) is 2.53. The number of imidazole rings is 1. The molecule has 0 aromatic carbocycles. The minimum atomic E-state index is -0.0369. The van der Waals surface area contributed by atoms with E-state index in [1.807, 2.05) is 0 Å². The Hall–Kier alpha value is -0.980. The molecule has 0 radical (unpaired) electrons. The van der Waals surface area contributed by atoms with Gasteiger partial charge in [-0.05, 0) is 5.92 Å². The third-order valence-corrected chi connectivity index (χ3v) is 3.22. The van der Waals surface area contributed by atoms with Crippen LogP contribution < -0.4 is 0 Å². The van der Waals surface area contributed by atoms with E-state index in [-0.39, 0.29) is 6.61 Å². The number of ether oxygens (including phenoxy) is 1. The maximum atomic E-state index is 9.37. The number of hydrogen-bond acceptors (Lipinski definition) is 5. The Morgan fingerprint density at radius 1 is 1.50 bits per heavy atom. The monoisotopic (exact) mass is 241 g/mol. The van der Waals surface area contributed by atoms with Crippen molar-refractivity contribution in [2.24, 2.45) is 0 Å². The van der Waals surface area contributed by atoms with Crippen molar-refractivity contribution in [1.82, 2.24) is 14.6 Å². The molecule has 2 aromatic heterocycles. The number of aliphatic hydroxyl groups is 1. The minimum Gasteiger partial charge on any atom is -0.390 e. The molecule has 0 saturated carbocycles. The molecule has 2 rings (SSSR count). The quantitative estimate of drug-likeness (QED) is 0.882. The van der Waals surface area contributed by atoms with E-state index in [1.165, 1.54) is 11.3 Å². The normalized spacial score (nSPS) is 11.8. The standard InChI is InChI=1S/C10H15N3O2S/c1-6(2)9-7(4-14)13-10(11-9)16-8(12-13)5-15-3/h6,14H,4-5H2,1-3H3. The molecule has 1 N–H and O–H groups in total. The summed E-state index contributed by atoms with van der Waals surface area (Å²) in [6.45, 7) is 4.56. The fraction of sp³-hybridized carbons (Fsp3) is 0.600. The molecule has 0 unspecified atom stereocenters. The second kappa shape index (κ2) is 4.48. The summed E-state index contributed by atoms with van der Waals surface area (Å²) < 4.78 is 6.74. The van der Waals surface area contributed by atoms with Gasteiger partial charge < -0.3 is 9.84 Å². The second-order valence-electron chi connectivity index (χ2n) is 3.88. The Morgan fingerprint density at radius 3 is 2.81 bits per heavy atom. The summed E-state index contributed by atoms with van der Waals surface area (Å²) in [6.07, 6.45) is 0. The third kappa shape index (κ3) is 1.83. The Bertz CT molecular complexity index is 489. The molecule has 0 amide bonds. The number of aliphatic hydroxyl groups excluding tert-OH is 1. The minimum absolute atomic E-state index is 0.0369. The van der Waals surface area contributed by atoms with Gasteiger partial charge >= 0.3 is 0 Å². The van der Waals surface area contributed by atoms with Crippen LogP contribution >= 0.6 is 11.3 Å². The van der Waals surface area contributed by atoms with Crippen molar-refractivity contribution in [1.29, 1.82) is 0 Å². The van der Waals surface area contributed by atoms with Gasteiger partial charge in [0, 0.05) is 7.11 Å². The van der Waals surface area contributed by atoms with E-state index >= 15 is 0 Å².